The Morgan fingerprint density at radius 3 is 2.43 bits per heavy atom. The lowest BCUT2D eigenvalue weighted by Crippen LogP contribution is -3.00. The Hall–Kier alpha value is -0.580. The second-order valence-electron chi connectivity index (χ2n) is 9.61. The smallest absolute Gasteiger partial charge is 0.247 e. The molecule has 0 aliphatic heterocycles. The number of hydrogen-bond donors (Lipinski definition) is 0. The molecule has 0 saturated heterocycles. The van der Waals surface area contributed by atoms with Crippen LogP contribution in [0.25, 0.3) is 0 Å². The second kappa shape index (κ2) is 16.1. The topological polar surface area (TPSA) is 27.3 Å². The van der Waals surface area contributed by atoms with Crippen molar-refractivity contribution in [3.8, 4) is 0 Å². The molecule has 3 atom stereocenters. The summed E-state index contributed by atoms with van der Waals surface area (Å²) in [6, 6.07) is 0. The molecule has 0 radical (unpaired) electrons. The number of hydrogen-bond acceptors (Lipinski definition) is 2. The van der Waals surface area contributed by atoms with Gasteiger partial charge in [0.25, 0.3) is 0 Å². The van der Waals surface area contributed by atoms with Crippen LogP contribution in [0.1, 0.15) is 98.3 Å². The van der Waals surface area contributed by atoms with Crippen LogP contribution in [-0.2, 0) is 22.9 Å². The predicted molar refractivity (Wildman–Crippen MR) is 119 cm³/mol. The van der Waals surface area contributed by atoms with Gasteiger partial charge in [-0.25, -0.2) is 9.13 Å². The van der Waals surface area contributed by atoms with Crippen LogP contribution >= 0.6 is 0 Å². The maximum atomic E-state index is 6.34. The molecule has 3 unspecified atom stereocenters. The average molecular weight is 443 g/mol. The molecule has 0 amide bonds. The molecule has 0 aromatic carbocycles. The second-order valence-corrected chi connectivity index (χ2v) is 9.61. The normalized spacial score (nSPS) is 21.7. The van der Waals surface area contributed by atoms with Gasteiger partial charge in [-0.05, 0) is 37.0 Å². The summed E-state index contributed by atoms with van der Waals surface area (Å²) in [6.07, 6.45) is 21.3. The highest BCUT2D eigenvalue weighted by Crippen LogP contribution is 2.35. The van der Waals surface area contributed by atoms with Crippen molar-refractivity contribution in [2.75, 3.05) is 6.61 Å². The van der Waals surface area contributed by atoms with E-state index in [9.17, 15) is 0 Å². The first-order chi connectivity index (χ1) is 14.1. The van der Waals surface area contributed by atoms with Crippen LogP contribution in [0.5, 0.6) is 0 Å². The van der Waals surface area contributed by atoms with Gasteiger partial charge >= 0.3 is 0 Å². The summed E-state index contributed by atoms with van der Waals surface area (Å²) < 4.78 is 16.4. The van der Waals surface area contributed by atoms with E-state index in [1.54, 1.807) is 0 Å². The summed E-state index contributed by atoms with van der Waals surface area (Å²) in [4.78, 5) is 0. The number of halogens is 1. The van der Waals surface area contributed by atoms with Crippen molar-refractivity contribution < 1.29 is 26.4 Å². The fourth-order valence-corrected chi connectivity index (χ4v) is 4.59. The van der Waals surface area contributed by atoms with E-state index in [0.29, 0.717) is 31.4 Å². The first kappa shape index (κ1) is 27.5. The van der Waals surface area contributed by atoms with Gasteiger partial charge in [-0.2, -0.15) is 0 Å². The molecular formula is C25H47ClN2O2. The SMILES string of the molecule is CCCCCCCCCCOC[n+]1ccn(COC2CC(C)CCC2C(C)C)c1.[Cl-]. The maximum Gasteiger partial charge on any atom is 0.247 e. The molecule has 0 spiro atoms. The van der Waals surface area contributed by atoms with Crippen LogP contribution in [0.2, 0.25) is 0 Å². The van der Waals surface area contributed by atoms with Crippen molar-refractivity contribution in [3.05, 3.63) is 18.7 Å². The standard InChI is InChI=1S/C25H47N2O2.ClH/c1-5-6-7-8-9-10-11-12-17-28-20-26-15-16-27(19-26)21-29-25-18-23(4)13-14-24(25)22(2)3;/h15-16,19,22-25H,5-14,17-18,20-21H2,1-4H3;1H/q+1;/p-1. The van der Waals surface area contributed by atoms with E-state index in [2.05, 4.69) is 55.6 Å². The Labute approximate surface area is 192 Å². The van der Waals surface area contributed by atoms with E-state index in [1.807, 2.05) is 0 Å². The molecular weight excluding hydrogens is 396 g/mol. The Morgan fingerprint density at radius 1 is 1.03 bits per heavy atom. The summed E-state index contributed by atoms with van der Waals surface area (Å²) in [5.41, 5.74) is 0. The molecule has 4 nitrogen and oxygen atoms in total. The number of unbranched alkanes of at least 4 members (excludes halogenated alkanes) is 7. The van der Waals surface area contributed by atoms with Gasteiger partial charge in [0.15, 0.2) is 13.5 Å². The number of rotatable bonds is 15. The molecule has 1 aromatic rings. The zero-order valence-corrected chi connectivity index (χ0v) is 20.8. The quantitative estimate of drug-likeness (QED) is 0.308. The van der Waals surface area contributed by atoms with E-state index in [4.69, 9.17) is 9.47 Å². The summed E-state index contributed by atoms with van der Waals surface area (Å²) in [5.74, 6) is 2.19. The summed E-state index contributed by atoms with van der Waals surface area (Å²) in [7, 11) is 0. The van der Waals surface area contributed by atoms with Gasteiger partial charge in [0, 0.05) is 0 Å². The highest BCUT2D eigenvalue weighted by molar-refractivity contribution is 4.81. The zero-order chi connectivity index (χ0) is 20.9. The van der Waals surface area contributed by atoms with Crippen LogP contribution in [-0.4, -0.2) is 17.3 Å². The lowest BCUT2D eigenvalue weighted by atomic mass is 9.75. The van der Waals surface area contributed by atoms with Crippen molar-refractivity contribution >= 4 is 0 Å². The fourth-order valence-electron chi connectivity index (χ4n) is 4.59. The van der Waals surface area contributed by atoms with Crippen LogP contribution in [0.15, 0.2) is 18.7 Å². The minimum absolute atomic E-state index is 0. The van der Waals surface area contributed by atoms with Crippen LogP contribution < -0.4 is 17.0 Å². The van der Waals surface area contributed by atoms with E-state index in [-0.39, 0.29) is 12.4 Å². The molecule has 2 rings (SSSR count). The highest BCUT2D eigenvalue weighted by atomic mass is 35.5. The highest BCUT2D eigenvalue weighted by Gasteiger charge is 2.31. The number of ether oxygens (including phenoxy) is 2. The number of aromatic nitrogens is 2. The van der Waals surface area contributed by atoms with Crippen LogP contribution in [0.4, 0.5) is 0 Å². The van der Waals surface area contributed by atoms with Gasteiger partial charge in [0.1, 0.15) is 12.4 Å². The molecule has 176 valence electrons. The largest absolute Gasteiger partial charge is 1.00 e. The van der Waals surface area contributed by atoms with Gasteiger partial charge < -0.3 is 21.9 Å². The third-order valence-corrected chi connectivity index (χ3v) is 6.53. The fraction of sp³-hybridized carbons (Fsp3) is 0.880. The Balaban J connectivity index is 0.00000450. The third-order valence-electron chi connectivity index (χ3n) is 6.53. The molecule has 5 heteroatoms. The Morgan fingerprint density at radius 2 is 1.73 bits per heavy atom. The molecule has 1 aliphatic carbocycles. The molecule has 0 bridgehead atoms. The van der Waals surface area contributed by atoms with Gasteiger partial charge in [-0.3, -0.25) is 0 Å². The first-order valence-electron chi connectivity index (χ1n) is 12.3. The Bertz CT molecular complexity index is 535. The number of nitrogens with zero attached hydrogens (tertiary/aromatic N) is 2. The van der Waals surface area contributed by atoms with E-state index in [0.717, 1.165) is 12.5 Å². The molecule has 0 N–H and O–H groups in total. The predicted octanol–water partition coefficient (Wildman–Crippen LogP) is 3.33. The van der Waals surface area contributed by atoms with E-state index in [1.165, 1.54) is 70.6 Å². The molecule has 1 aromatic heterocycles. The molecule has 1 fully saturated rings. The lowest BCUT2D eigenvalue weighted by molar-refractivity contribution is -0.732. The third kappa shape index (κ3) is 10.6. The van der Waals surface area contributed by atoms with Gasteiger partial charge in [0.2, 0.25) is 6.33 Å². The Kier molecular flexibility index (Phi) is 14.7. The van der Waals surface area contributed by atoms with Crippen molar-refractivity contribution in [2.45, 2.75) is 118 Å². The van der Waals surface area contributed by atoms with Crippen molar-refractivity contribution in [1.29, 1.82) is 0 Å². The van der Waals surface area contributed by atoms with Crippen LogP contribution in [0, 0.1) is 17.8 Å². The summed E-state index contributed by atoms with van der Waals surface area (Å²) in [5, 5.41) is 0. The summed E-state index contributed by atoms with van der Waals surface area (Å²) >= 11 is 0. The molecule has 1 aliphatic rings. The maximum absolute atomic E-state index is 6.34. The van der Waals surface area contributed by atoms with Gasteiger partial charge in [-0.15, -0.1) is 0 Å². The lowest BCUT2D eigenvalue weighted by Gasteiger charge is -2.36. The first-order valence-corrected chi connectivity index (χ1v) is 12.3. The van der Waals surface area contributed by atoms with Gasteiger partial charge in [-0.1, -0.05) is 79.1 Å². The zero-order valence-electron chi connectivity index (χ0n) is 20.0. The minimum Gasteiger partial charge on any atom is -1.00 e. The minimum atomic E-state index is 0. The molecule has 1 saturated carbocycles. The van der Waals surface area contributed by atoms with Crippen molar-refractivity contribution in [2.24, 2.45) is 17.8 Å². The molecule has 1 heterocycles. The van der Waals surface area contributed by atoms with Crippen LogP contribution in [0.3, 0.4) is 0 Å². The van der Waals surface area contributed by atoms with E-state index < -0.39 is 0 Å². The van der Waals surface area contributed by atoms with Crippen molar-refractivity contribution in [1.82, 2.24) is 4.57 Å². The van der Waals surface area contributed by atoms with Gasteiger partial charge in [0.05, 0.1) is 12.7 Å². The average Bonchev–Trinajstić information content (AvgIpc) is 3.15. The van der Waals surface area contributed by atoms with E-state index >= 15 is 0 Å². The van der Waals surface area contributed by atoms with Crippen molar-refractivity contribution in [3.63, 3.8) is 0 Å². The summed E-state index contributed by atoms with van der Waals surface area (Å²) in [6.45, 7) is 11.5. The monoisotopic (exact) mass is 442 g/mol. The number of imidazole rings is 1. The molecule has 30 heavy (non-hydrogen) atoms.